The van der Waals surface area contributed by atoms with Gasteiger partial charge in [-0.05, 0) is 24.3 Å². The van der Waals surface area contributed by atoms with Crippen molar-refractivity contribution in [3.05, 3.63) is 152 Å². The lowest BCUT2D eigenvalue weighted by molar-refractivity contribution is 1.07. The summed E-state index contributed by atoms with van der Waals surface area (Å²) in [4.78, 5) is 25.3. The van der Waals surface area contributed by atoms with Crippen molar-refractivity contribution in [2.24, 2.45) is 0 Å². The molecule has 0 aliphatic rings. The number of nitrogens with zero attached hydrogens (tertiary/aromatic N) is 5. The molecule has 234 valence electrons. The molecule has 0 aliphatic carbocycles. The summed E-state index contributed by atoms with van der Waals surface area (Å²) in [7, 11) is 0. The summed E-state index contributed by atoms with van der Waals surface area (Å²) in [6, 6.07) is 52.0. The summed E-state index contributed by atoms with van der Waals surface area (Å²) in [6.07, 6.45) is 0. The lowest BCUT2D eigenvalue weighted by Crippen LogP contribution is -2.00. The van der Waals surface area contributed by atoms with Crippen LogP contribution in [-0.2, 0) is 0 Å². The van der Waals surface area contributed by atoms with Gasteiger partial charge in [0, 0.05) is 58.1 Å². The normalized spacial score (nSPS) is 11.6. The van der Waals surface area contributed by atoms with E-state index in [2.05, 4.69) is 72.8 Å². The van der Waals surface area contributed by atoms with Crippen LogP contribution >= 0.6 is 22.7 Å². The van der Waals surface area contributed by atoms with Crippen molar-refractivity contribution in [1.82, 2.24) is 24.9 Å². The molecule has 10 aromatic rings. The minimum atomic E-state index is 0.644. The van der Waals surface area contributed by atoms with E-state index in [-0.39, 0.29) is 0 Å². The smallest absolute Gasteiger partial charge is 0.164 e. The van der Waals surface area contributed by atoms with Crippen LogP contribution in [0.25, 0.3) is 97.3 Å². The largest absolute Gasteiger partial charge is 0.226 e. The Hall–Kier alpha value is -6.15. The van der Waals surface area contributed by atoms with Gasteiger partial charge >= 0.3 is 0 Å². The molecule has 50 heavy (non-hydrogen) atoms. The van der Waals surface area contributed by atoms with E-state index in [4.69, 9.17) is 24.9 Å². The van der Waals surface area contributed by atoms with Gasteiger partial charge < -0.3 is 0 Å². The maximum atomic E-state index is 5.28. The van der Waals surface area contributed by atoms with E-state index in [1.165, 1.54) is 19.5 Å². The molecule has 0 aliphatic heterocycles. The third kappa shape index (κ3) is 4.86. The van der Waals surface area contributed by atoms with E-state index in [1.54, 1.807) is 22.7 Å². The first kappa shape index (κ1) is 28.8. The molecule has 5 nitrogen and oxygen atoms in total. The molecule has 4 heterocycles. The number of benzene rings is 6. The average Bonchev–Trinajstić information content (AvgIpc) is 3.77. The van der Waals surface area contributed by atoms with Crippen LogP contribution in [0.15, 0.2) is 152 Å². The third-order valence-corrected chi connectivity index (χ3v) is 11.3. The second-order valence-electron chi connectivity index (χ2n) is 12.1. The molecule has 0 N–H and O–H groups in total. The Morgan fingerprint density at radius 1 is 0.340 bits per heavy atom. The minimum Gasteiger partial charge on any atom is -0.226 e. The molecule has 7 heteroatoms. The van der Waals surface area contributed by atoms with E-state index in [1.807, 2.05) is 78.9 Å². The fourth-order valence-corrected chi connectivity index (χ4v) is 8.89. The van der Waals surface area contributed by atoms with Crippen molar-refractivity contribution in [3.63, 3.8) is 0 Å². The Balaban J connectivity index is 1.18. The quantitative estimate of drug-likeness (QED) is 0.182. The van der Waals surface area contributed by atoms with Crippen LogP contribution in [0.1, 0.15) is 0 Å². The molecule has 0 bridgehead atoms. The maximum absolute atomic E-state index is 5.28. The van der Waals surface area contributed by atoms with Gasteiger partial charge in [-0.15, -0.1) is 22.7 Å². The molecule has 0 saturated carbocycles. The van der Waals surface area contributed by atoms with Gasteiger partial charge in [0.2, 0.25) is 0 Å². The van der Waals surface area contributed by atoms with Gasteiger partial charge in [0.05, 0.1) is 15.9 Å². The molecule has 0 unspecified atom stereocenters. The SMILES string of the molecule is c1ccc(-c2nc(-c3ccccc3)nc(-c3ccc4sc5c(-c6nc(-c7ccccc7)nc7c6sc6ccccc67)cccc5c4c3)n2)cc1. The molecule has 0 fully saturated rings. The van der Waals surface area contributed by atoms with Crippen LogP contribution in [-0.4, -0.2) is 24.9 Å². The highest BCUT2D eigenvalue weighted by Gasteiger charge is 2.20. The summed E-state index contributed by atoms with van der Waals surface area (Å²) in [5.41, 5.74) is 6.91. The molecular formula is C43H25N5S2. The Morgan fingerprint density at radius 2 is 0.860 bits per heavy atom. The van der Waals surface area contributed by atoms with Gasteiger partial charge in [0.15, 0.2) is 23.3 Å². The number of thiophene rings is 2. The van der Waals surface area contributed by atoms with Gasteiger partial charge in [-0.3, -0.25) is 0 Å². The lowest BCUT2D eigenvalue weighted by atomic mass is 10.0. The van der Waals surface area contributed by atoms with Gasteiger partial charge in [-0.1, -0.05) is 127 Å². The monoisotopic (exact) mass is 675 g/mol. The molecule has 0 atom stereocenters. The molecule has 0 amide bonds. The maximum Gasteiger partial charge on any atom is 0.164 e. The van der Waals surface area contributed by atoms with Crippen LogP contribution in [0.5, 0.6) is 0 Å². The predicted molar refractivity (Wildman–Crippen MR) is 208 cm³/mol. The predicted octanol–water partition coefficient (Wildman–Crippen LogP) is 11.7. The van der Waals surface area contributed by atoms with Crippen molar-refractivity contribution in [2.45, 2.75) is 0 Å². The molecule has 6 aromatic carbocycles. The highest BCUT2D eigenvalue weighted by Crippen LogP contribution is 2.45. The Labute approximate surface area is 295 Å². The van der Waals surface area contributed by atoms with Crippen molar-refractivity contribution in [1.29, 1.82) is 0 Å². The van der Waals surface area contributed by atoms with Gasteiger partial charge in [-0.25, -0.2) is 24.9 Å². The molecule has 0 spiro atoms. The Bertz CT molecular complexity index is 2810. The zero-order valence-electron chi connectivity index (χ0n) is 26.5. The number of fused-ring (bicyclic) bond motifs is 6. The van der Waals surface area contributed by atoms with Crippen LogP contribution in [0.3, 0.4) is 0 Å². The molecule has 0 saturated heterocycles. The zero-order chi connectivity index (χ0) is 33.0. The zero-order valence-corrected chi connectivity index (χ0v) is 28.1. The van der Waals surface area contributed by atoms with Gasteiger partial charge in [0.1, 0.15) is 0 Å². The van der Waals surface area contributed by atoms with Crippen molar-refractivity contribution >= 4 is 63.1 Å². The van der Waals surface area contributed by atoms with Crippen LogP contribution in [0.4, 0.5) is 0 Å². The van der Waals surface area contributed by atoms with Gasteiger partial charge in [0.25, 0.3) is 0 Å². The molecule has 0 radical (unpaired) electrons. The molecule has 10 rings (SSSR count). The Morgan fingerprint density at radius 3 is 1.52 bits per heavy atom. The van der Waals surface area contributed by atoms with Crippen molar-refractivity contribution in [3.8, 4) is 56.8 Å². The lowest BCUT2D eigenvalue weighted by Gasteiger charge is -2.09. The summed E-state index contributed by atoms with van der Waals surface area (Å²) in [5.74, 6) is 2.68. The van der Waals surface area contributed by atoms with E-state index >= 15 is 0 Å². The van der Waals surface area contributed by atoms with Crippen LogP contribution in [0.2, 0.25) is 0 Å². The number of rotatable bonds is 5. The van der Waals surface area contributed by atoms with Crippen LogP contribution < -0.4 is 0 Å². The number of hydrogen-bond donors (Lipinski definition) is 0. The van der Waals surface area contributed by atoms with Crippen LogP contribution in [0, 0.1) is 0 Å². The highest BCUT2D eigenvalue weighted by atomic mass is 32.1. The summed E-state index contributed by atoms with van der Waals surface area (Å²) >= 11 is 3.55. The Kier molecular flexibility index (Phi) is 6.79. The fourth-order valence-electron chi connectivity index (χ4n) is 6.55. The number of hydrogen-bond acceptors (Lipinski definition) is 7. The average molecular weight is 676 g/mol. The first-order valence-corrected chi connectivity index (χ1v) is 18.0. The van der Waals surface area contributed by atoms with Crippen molar-refractivity contribution in [2.75, 3.05) is 0 Å². The standard InChI is InChI=1S/C43H25N5S2/c1-4-13-26(14-5-1)40-44-36-31-19-10-11-22-34(31)50-39(36)37(45-40)32-21-12-20-30-33-25-29(23-24-35(33)49-38(30)32)43-47-41(27-15-6-2-7-16-27)46-42(48-43)28-17-8-3-9-18-28/h1-25H. The van der Waals surface area contributed by atoms with Gasteiger partial charge in [-0.2, -0.15) is 0 Å². The summed E-state index contributed by atoms with van der Waals surface area (Å²) in [5, 5.41) is 3.50. The van der Waals surface area contributed by atoms with E-state index in [0.29, 0.717) is 17.5 Å². The minimum absolute atomic E-state index is 0.644. The molecule has 4 aromatic heterocycles. The topological polar surface area (TPSA) is 64.5 Å². The van der Waals surface area contributed by atoms with E-state index in [0.717, 1.165) is 60.3 Å². The number of aromatic nitrogens is 5. The second kappa shape index (κ2) is 11.8. The van der Waals surface area contributed by atoms with Crippen molar-refractivity contribution < 1.29 is 0 Å². The van der Waals surface area contributed by atoms with E-state index < -0.39 is 0 Å². The molecular weight excluding hydrogens is 651 g/mol. The van der Waals surface area contributed by atoms with E-state index in [9.17, 15) is 0 Å². The summed E-state index contributed by atoms with van der Waals surface area (Å²) < 4.78 is 4.70. The first-order valence-electron chi connectivity index (χ1n) is 16.3. The second-order valence-corrected chi connectivity index (χ2v) is 14.2. The first-order chi connectivity index (χ1) is 24.8. The third-order valence-electron chi connectivity index (χ3n) is 8.96. The summed E-state index contributed by atoms with van der Waals surface area (Å²) in [6.45, 7) is 0. The fraction of sp³-hybridized carbons (Fsp3) is 0. The highest BCUT2D eigenvalue weighted by molar-refractivity contribution is 7.27.